The average Bonchev–Trinajstić information content (AvgIpc) is 2.25. The Hall–Kier alpha value is -1.54. The Bertz CT molecular complexity index is 671. The predicted molar refractivity (Wildman–Crippen MR) is 77.2 cm³/mol. The van der Waals surface area contributed by atoms with Crippen LogP contribution < -0.4 is 0 Å². The van der Waals surface area contributed by atoms with Crippen molar-refractivity contribution in [1.29, 1.82) is 0 Å². The number of nitrogens with zero attached hydrogens (tertiary/aromatic N) is 2. The monoisotopic (exact) mass is 318 g/mol. The molecule has 0 heterocycles. The highest BCUT2D eigenvalue weighted by molar-refractivity contribution is 7.89. The van der Waals surface area contributed by atoms with E-state index in [1.54, 1.807) is 20.8 Å². The molecule has 0 amide bonds. The summed E-state index contributed by atoms with van der Waals surface area (Å²) >= 11 is 0. The molecule has 1 rings (SSSR count). The normalized spacial score (nSPS) is 12.2. The van der Waals surface area contributed by atoms with Crippen LogP contribution in [0.15, 0.2) is 11.0 Å². The minimum atomic E-state index is -3.92. The summed E-state index contributed by atoms with van der Waals surface area (Å²) < 4.78 is 40.4. The Morgan fingerprint density at radius 1 is 1.38 bits per heavy atom. The van der Waals surface area contributed by atoms with Gasteiger partial charge in [-0.3, -0.25) is 10.1 Å². The zero-order chi connectivity index (χ0) is 16.5. The fourth-order valence-corrected chi connectivity index (χ4v) is 4.54. The van der Waals surface area contributed by atoms with E-state index in [1.165, 1.54) is 18.2 Å². The maximum absolute atomic E-state index is 13.7. The van der Waals surface area contributed by atoms with E-state index < -0.39 is 26.5 Å². The van der Waals surface area contributed by atoms with Crippen LogP contribution in [0.4, 0.5) is 10.1 Å². The van der Waals surface area contributed by atoms with Crippen LogP contribution in [-0.2, 0) is 10.0 Å². The molecule has 0 N–H and O–H groups in total. The van der Waals surface area contributed by atoms with Gasteiger partial charge in [0.2, 0.25) is 15.8 Å². The second kappa shape index (κ2) is 6.07. The summed E-state index contributed by atoms with van der Waals surface area (Å²) in [5.41, 5.74) is -0.801. The lowest BCUT2D eigenvalue weighted by Gasteiger charge is -2.26. The van der Waals surface area contributed by atoms with E-state index in [9.17, 15) is 22.9 Å². The minimum Gasteiger partial charge on any atom is -0.258 e. The Labute approximate surface area is 123 Å². The largest absolute Gasteiger partial charge is 0.309 e. The van der Waals surface area contributed by atoms with Crippen LogP contribution in [0.5, 0.6) is 0 Å². The van der Waals surface area contributed by atoms with Gasteiger partial charge < -0.3 is 0 Å². The van der Waals surface area contributed by atoms with Crippen LogP contribution in [0.25, 0.3) is 0 Å². The van der Waals surface area contributed by atoms with Gasteiger partial charge in [0.1, 0.15) is 0 Å². The van der Waals surface area contributed by atoms with Crippen molar-refractivity contribution < 1.29 is 17.7 Å². The Morgan fingerprint density at radius 3 is 2.29 bits per heavy atom. The molecule has 0 bridgehead atoms. The summed E-state index contributed by atoms with van der Waals surface area (Å²) in [7, 11) is -3.92. The van der Waals surface area contributed by atoms with Gasteiger partial charge in [0.25, 0.3) is 0 Å². The van der Waals surface area contributed by atoms with Gasteiger partial charge in [0.15, 0.2) is 0 Å². The molecule has 0 aliphatic rings. The number of rotatable bonds is 5. The summed E-state index contributed by atoms with van der Waals surface area (Å²) in [6.07, 6.45) is 0. The first-order valence-corrected chi connectivity index (χ1v) is 7.95. The first kappa shape index (κ1) is 17.5. The summed E-state index contributed by atoms with van der Waals surface area (Å²) in [5.74, 6) is -1.03. The van der Waals surface area contributed by atoms with Gasteiger partial charge in [-0.05, 0) is 39.3 Å². The molecule has 8 heteroatoms. The Morgan fingerprint density at radius 2 is 1.90 bits per heavy atom. The van der Waals surface area contributed by atoms with Gasteiger partial charge in [0.05, 0.1) is 15.4 Å². The van der Waals surface area contributed by atoms with Crippen LogP contribution in [0.3, 0.4) is 0 Å². The van der Waals surface area contributed by atoms with E-state index >= 15 is 0 Å². The second-order valence-electron chi connectivity index (χ2n) is 5.04. The van der Waals surface area contributed by atoms with Crippen LogP contribution in [0.2, 0.25) is 0 Å². The lowest BCUT2D eigenvalue weighted by atomic mass is 10.1. The zero-order valence-corrected chi connectivity index (χ0v) is 13.5. The molecule has 6 nitrogen and oxygen atoms in total. The summed E-state index contributed by atoms with van der Waals surface area (Å²) in [6.45, 7) is 8.02. The van der Waals surface area contributed by atoms with Gasteiger partial charge in [0, 0.05) is 12.6 Å². The van der Waals surface area contributed by atoms with Crippen LogP contribution in [0, 0.1) is 29.8 Å². The summed E-state index contributed by atoms with van der Waals surface area (Å²) in [6, 6.07) is 0.592. The van der Waals surface area contributed by atoms with Crippen molar-refractivity contribution in [3.63, 3.8) is 0 Å². The van der Waals surface area contributed by atoms with E-state index in [1.807, 2.05) is 0 Å². The molecule has 21 heavy (non-hydrogen) atoms. The highest BCUT2D eigenvalue weighted by Gasteiger charge is 2.33. The molecule has 0 fully saturated rings. The highest BCUT2D eigenvalue weighted by Crippen LogP contribution is 2.33. The van der Waals surface area contributed by atoms with Crippen molar-refractivity contribution in [3.8, 4) is 0 Å². The topological polar surface area (TPSA) is 80.5 Å². The van der Waals surface area contributed by atoms with E-state index in [-0.39, 0.29) is 28.6 Å². The zero-order valence-electron chi connectivity index (χ0n) is 12.7. The van der Waals surface area contributed by atoms with Crippen molar-refractivity contribution in [2.24, 2.45) is 0 Å². The number of nitro benzene ring substituents is 1. The Kier molecular flexibility index (Phi) is 5.06. The smallest absolute Gasteiger partial charge is 0.258 e. The van der Waals surface area contributed by atoms with Crippen molar-refractivity contribution in [2.45, 2.75) is 45.6 Å². The molecule has 0 aliphatic carbocycles. The van der Waals surface area contributed by atoms with Gasteiger partial charge in [-0.2, -0.15) is 8.70 Å². The van der Waals surface area contributed by atoms with E-state index in [0.29, 0.717) is 0 Å². The fourth-order valence-electron chi connectivity index (χ4n) is 2.46. The fraction of sp³-hybridized carbons (Fsp3) is 0.538. The molecule has 118 valence electrons. The van der Waals surface area contributed by atoms with Gasteiger partial charge in [-0.15, -0.1) is 0 Å². The lowest BCUT2D eigenvalue weighted by molar-refractivity contribution is -0.388. The van der Waals surface area contributed by atoms with Gasteiger partial charge in [-0.1, -0.05) is 6.92 Å². The number of nitro groups is 1. The molecular formula is C13H19FN2O4S. The van der Waals surface area contributed by atoms with Crippen molar-refractivity contribution in [1.82, 2.24) is 4.31 Å². The maximum Gasteiger partial charge on any atom is 0.309 e. The van der Waals surface area contributed by atoms with Crippen LogP contribution >= 0.6 is 0 Å². The summed E-state index contributed by atoms with van der Waals surface area (Å²) in [5, 5.41) is 11.0. The molecule has 0 unspecified atom stereocenters. The molecule has 0 aliphatic heterocycles. The minimum absolute atomic E-state index is 0.162. The van der Waals surface area contributed by atoms with E-state index in [0.717, 1.165) is 6.07 Å². The van der Waals surface area contributed by atoms with E-state index in [2.05, 4.69) is 0 Å². The molecule has 0 saturated carbocycles. The molecule has 0 aromatic heterocycles. The first-order chi connectivity index (χ1) is 9.55. The molecule has 0 spiro atoms. The van der Waals surface area contributed by atoms with Gasteiger partial charge >= 0.3 is 5.69 Å². The van der Waals surface area contributed by atoms with Crippen molar-refractivity contribution in [2.75, 3.05) is 6.54 Å². The number of hydrogen-bond donors (Lipinski definition) is 0. The quantitative estimate of drug-likeness (QED) is 0.617. The predicted octanol–water partition coefficient (Wildman–Crippen LogP) is 2.77. The maximum atomic E-state index is 13.7. The first-order valence-electron chi connectivity index (χ1n) is 6.51. The average molecular weight is 318 g/mol. The number of hydrogen-bond acceptors (Lipinski definition) is 4. The van der Waals surface area contributed by atoms with Crippen LogP contribution in [-0.4, -0.2) is 30.2 Å². The molecule has 1 aromatic carbocycles. The number of sulfonamides is 1. The van der Waals surface area contributed by atoms with E-state index in [4.69, 9.17) is 0 Å². The Balaban J connectivity index is 3.72. The number of halogens is 1. The van der Waals surface area contributed by atoms with Gasteiger partial charge in [-0.25, -0.2) is 8.42 Å². The molecule has 1 aromatic rings. The van der Waals surface area contributed by atoms with Crippen molar-refractivity contribution >= 4 is 15.7 Å². The third-order valence-corrected chi connectivity index (χ3v) is 5.70. The van der Waals surface area contributed by atoms with Crippen molar-refractivity contribution in [3.05, 3.63) is 33.1 Å². The SMILES string of the molecule is CCN(C(C)C)S(=O)(=O)c1c(C)cc(F)c([N+](=O)[O-])c1C. The molecular weight excluding hydrogens is 299 g/mol. The molecule has 0 radical (unpaired) electrons. The highest BCUT2D eigenvalue weighted by atomic mass is 32.2. The lowest BCUT2D eigenvalue weighted by Crippen LogP contribution is -2.37. The second-order valence-corrected chi connectivity index (χ2v) is 6.86. The third kappa shape index (κ3) is 3.06. The van der Waals surface area contributed by atoms with Crippen LogP contribution in [0.1, 0.15) is 31.9 Å². The molecule has 0 atom stereocenters. The number of aryl methyl sites for hydroxylation is 1. The molecule has 0 saturated heterocycles. The third-order valence-electron chi connectivity index (χ3n) is 3.26. The standard InChI is InChI=1S/C13H19FN2O4S/c1-6-15(8(2)3)21(19,20)13-9(4)7-11(14)12(10(13)5)16(17)18/h7-8H,6H2,1-5H3. The summed E-state index contributed by atoms with van der Waals surface area (Å²) in [4.78, 5) is 9.88. The number of benzene rings is 1.